The molecule has 0 aliphatic carbocycles. The van der Waals surface area contributed by atoms with Crippen LogP contribution in [-0.2, 0) is 14.8 Å². The molecule has 0 unspecified atom stereocenters. The minimum Gasteiger partial charge on any atom is -0.294 e. The molecule has 0 saturated heterocycles. The molecule has 6 nitrogen and oxygen atoms in total. The summed E-state index contributed by atoms with van der Waals surface area (Å²) in [7, 11) is -3.99. The molecule has 3 aromatic carbocycles. The van der Waals surface area contributed by atoms with Crippen molar-refractivity contribution in [2.75, 3.05) is 0 Å². The fourth-order valence-corrected chi connectivity index (χ4v) is 5.34. The maximum Gasteiger partial charge on any atom is 0.264 e. The lowest BCUT2D eigenvalue weighted by molar-refractivity contribution is -0.114. The molecule has 1 N–H and O–H groups in total. The summed E-state index contributed by atoms with van der Waals surface area (Å²) >= 11 is 10.0. The van der Waals surface area contributed by atoms with Gasteiger partial charge in [-0.25, -0.2) is 18.1 Å². The van der Waals surface area contributed by atoms with Crippen LogP contribution < -0.4 is 4.72 Å². The van der Waals surface area contributed by atoms with Gasteiger partial charge in [0.05, 0.1) is 16.3 Å². The lowest BCUT2D eigenvalue weighted by atomic mass is 10.1. The van der Waals surface area contributed by atoms with Gasteiger partial charge in [-0.15, -0.1) is 0 Å². The van der Waals surface area contributed by atoms with Crippen LogP contribution in [0.3, 0.4) is 0 Å². The number of halogens is 2. The number of nitrogens with zero attached hydrogens (tertiary/aromatic N) is 2. The third-order valence-electron chi connectivity index (χ3n) is 5.08. The molecule has 1 amide bonds. The van der Waals surface area contributed by atoms with E-state index in [9.17, 15) is 13.2 Å². The molecule has 1 heterocycles. The van der Waals surface area contributed by atoms with Gasteiger partial charge in [-0.05, 0) is 64.8 Å². The van der Waals surface area contributed by atoms with E-state index in [1.54, 1.807) is 23.6 Å². The van der Waals surface area contributed by atoms with Crippen LogP contribution in [0.1, 0.15) is 17.1 Å². The average Bonchev–Trinajstić information content (AvgIpc) is 3.05. The van der Waals surface area contributed by atoms with Crippen molar-refractivity contribution in [1.29, 1.82) is 0 Å². The highest BCUT2D eigenvalue weighted by molar-refractivity contribution is 9.10. The SMILES string of the molecule is Cc1ccc(S(=O)(=O)NC(=O)C=Cc2c(Cl)nc(C)n2-c2ccc3ccccc3c2Br)cc1. The lowest BCUT2D eigenvalue weighted by Crippen LogP contribution is -2.28. The first-order valence-corrected chi connectivity index (χ1v) is 12.6. The first-order valence-electron chi connectivity index (χ1n) is 9.91. The molecule has 1 aromatic heterocycles. The highest BCUT2D eigenvalue weighted by Crippen LogP contribution is 2.33. The molecule has 0 spiro atoms. The standard InChI is InChI=1S/C24H19BrClN3O3S/c1-15-7-10-18(11-8-15)33(31,32)28-22(30)14-13-21-24(26)27-16(2)29(21)20-12-9-17-5-3-4-6-19(17)23(20)25/h3-14H,1-2H3,(H,28,30). The number of rotatable bonds is 5. The number of carbonyl (C=O) groups excluding carboxylic acids is 1. The van der Waals surface area contributed by atoms with Gasteiger partial charge in [0.15, 0.2) is 5.15 Å². The van der Waals surface area contributed by atoms with Crippen LogP contribution in [0.15, 0.2) is 76.1 Å². The van der Waals surface area contributed by atoms with E-state index < -0.39 is 15.9 Å². The Bertz CT molecular complexity index is 1510. The zero-order valence-corrected chi connectivity index (χ0v) is 20.9. The quantitative estimate of drug-likeness (QED) is 0.333. The minimum atomic E-state index is -3.99. The van der Waals surface area contributed by atoms with E-state index in [-0.39, 0.29) is 10.0 Å². The van der Waals surface area contributed by atoms with Crippen LogP contribution in [-0.4, -0.2) is 23.9 Å². The number of aromatic nitrogens is 2. The Kier molecular flexibility index (Phi) is 6.43. The summed E-state index contributed by atoms with van der Waals surface area (Å²) in [6.07, 6.45) is 2.57. The minimum absolute atomic E-state index is 0.00821. The normalized spacial score (nSPS) is 11.9. The molecule has 0 saturated carbocycles. The van der Waals surface area contributed by atoms with E-state index in [4.69, 9.17) is 11.6 Å². The molecule has 4 rings (SSSR count). The number of hydrogen-bond donors (Lipinski definition) is 1. The van der Waals surface area contributed by atoms with Gasteiger partial charge in [-0.1, -0.05) is 59.6 Å². The number of hydrogen-bond acceptors (Lipinski definition) is 4. The fourth-order valence-electron chi connectivity index (χ4n) is 3.46. The van der Waals surface area contributed by atoms with Crippen LogP contribution in [0.4, 0.5) is 0 Å². The maximum absolute atomic E-state index is 12.5. The van der Waals surface area contributed by atoms with Crippen molar-refractivity contribution in [2.24, 2.45) is 0 Å². The molecule has 0 bridgehead atoms. The first-order chi connectivity index (χ1) is 15.7. The maximum atomic E-state index is 12.5. The summed E-state index contributed by atoms with van der Waals surface area (Å²) < 4.78 is 29.7. The topological polar surface area (TPSA) is 81.1 Å². The second-order valence-corrected chi connectivity index (χ2v) is 10.2. The number of amides is 1. The zero-order valence-electron chi connectivity index (χ0n) is 17.7. The third kappa shape index (κ3) is 4.73. The van der Waals surface area contributed by atoms with Crippen molar-refractivity contribution in [3.8, 4) is 5.69 Å². The fraction of sp³-hybridized carbons (Fsp3) is 0.0833. The average molecular weight is 545 g/mol. The van der Waals surface area contributed by atoms with Gasteiger partial charge in [0.1, 0.15) is 5.82 Å². The van der Waals surface area contributed by atoms with Crippen LogP contribution >= 0.6 is 27.5 Å². The molecule has 0 atom stereocenters. The Morgan fingerprint density at radius 3 is 2.48 bits per heavy atom. The van der Waals surface area contributed by atoms with Crippen molar-refractivity contribution < 1.29 is 13.2 Å². The predicted molar refractivity (Wildman–Crippen MR) is 134 cm³/mol. The van der Waals surface area contributed by atoms with Crippen molar-refractivity contribution >= 4 is 60.3 Å². The van der Waals surface area contributed by atoms with Crippen molar-refractivity contribution in [3.63, 3.8) is 0 Å². The summed E-state index contributed by atoms with van der Waals surface area (Å²) in [5.74, 6) is -0.182. The molecule has 0 aliphatic rings. The number of aryl methyl sites for hydroxylation is 2. The molecule has 33 heavy (non-hydrogen) atoms. The van der Waals surface area contributed by atoms with E-state index in [0.29, 0.717) is 11.5 Å². The first kappa shape index (κ1) is 23.2. The van der Waals surface area contributed by atoms with Crippen LogP contribution in [0.2, 0.25) is 5.15 Å². The molecular weight excluding hydrogens is 526 g/mol. The molecular formula is C24H19BrClN3O3S. The second kappa shape index (κ2) is 9.13. The third-order valence-corrected chi connectivity index (χ3v) is 7.55. The molecule has 0 radical (unpaired) electrons. The number of imidazole rings is 1. The second-order valence-electron chi connectivity index (χ2n) is 7.41. The molecule has 0 aliphatic heterocycles. The highest BCUT2D eigenvalue weighted by atomic mass is 79.9. The Morgan fingerprint density at radius 1 is 1.06 bits per heavy atom. The molecule has 168 valence electrons. The molecule has 4 aromatic rings. The van der Waals surface area contributed by atoms with Gasteiger partial charge < -0.3 is 0 Å². The van der Waals surface area contributed by atoms with E-state index in [2.05, 4.69) is 20.9 Å². The van der Waals surface area contributed by atoms with Crippen LogP contribution in [0.5, 0.6) is 0 Å². The zero-order chi connectivity index (χ0) is 23.8. The lowest BCUT2D eigenvalue weighted by Gasteiger charge is -2.13. The number of carbonyl (C=O) groups is 1. The smallest absolute Gasteiger partial charge is 0.264 e. The monoisotopic (exact) mass is 543 g/mol. The predicted octanol–water partition coefficient (Wildman–Crippen LogP) is 5.58. The van der Waals surface area contributed by atoms with E-state index >= 15 is 0 Å². The van der Waals surface area contributed by atoms with Crippen molar-refractivity contribution in [1.82, 2.24) is 14.3 Å². The van der Waals surface area contributed by atoms with Crippen LogP contribution in [0, 0.1) is 13.8 Å². The van der Waals surface area contributed by atoms with Crippen LogP contribution in [0.25, 0.3) is 22.5 Å². The molecule has 0 fully saturated rings. The van der Waals surface area contributed by atoms with Gasteiger partial charge in [0.2, 0.25) is 0 Å². The Morgan fingerprint density at radius 2 is 1.76 bits per heavy atom. The highest BCUT2D eigenvalue weighted by Gasteiger charge is 2.18. The Hall–Kier alpha value is -2.94. The number of benzene rings is 3. The van der Waals surface area contributed by atoms with Gasteiger partial charge in [0, 0.05) is 10.5 Å². The summed E-state index contributed by atoms with van der Waals surface area (Å²) in [6.45, 7) is 3.65. The number of sulfonamides is 1. The van der Waals surface area contributed by atoms with Gasteiger partial charge in [-0.3, -0.25) is 9.36 Å². The number of fused-ring (bicyclic) bond motifs is 1. The summed E-state index contributed by atoms with van der Waals surface area (Å²) in [6, 6.07) is 18.0. The Balaban J connectivity index is 1.67. The summed E-state index contributed by atoms with van der Waals surface area (Å²) in [5.41, 5.74) is 2.16. The van der Waals surface area contributed by atoms with Gasteiger partial charge in [0.25, 0.3) is 15.9 Å². The summed E-state index contributed by atoms with van der Waals surface area (Å²) in [4.78, 5) is 16.8. The van der Waals surface area contributed by atoms with Crippen molar-refractivity contribution in [2.45, 2.75) is 18.7 Å². The van der Waals surface area contributed by atoms with E-state index in [0.717, 1.165) is 32.6 Å². The van der Waals surface area contributed by atoms with E-state index in [1.165, 1.54) is 18.2 Å². The molecule has 9 heteroatoms. The Labute approximate surface area is 205 Å². The largest absolute Gasteiger partial charge is 0.294 e. The van der Waals surface area contributed by atoms with E-state index in [1.807, 2.05) is 48.0 Å². The van der Waals surface area contributed by atoms with Gasteiger partial charge in [-0.2, -0.15) is 0 Å². The van der Waals surface area contributed by atoms with Crippen molar-refractivity contribution in [3.05, 3.63) is 93.4 Å². The van der Waals surface area contributed by atoms with Gasteiger partial charge >= 0.3 is 0 Å². The number of nitrogens with one attached hydrogen (secondary N) is 1. The summed E-state index contributed by atoms with van der Waals surface area (Å²) in [5, 5.41) is 2.27.